The monoisotopic (exact) mass is 540 g/mol. The number of aromatic nitrogens is 3. The van der Waals surface area contributed by atoms with E-state index in [9.17, 15) is 13.2 Å². The fraction of sp³-hybridized carbons (Fsp3) is 0.269. The Kier molecular flexibility index (Phi) is 7.03. The molecule has 0 saturated carbocycles. The number of carbonyl (C=O) groups is 1. The van der Waals surface area contributed by atoms with Crippen molar-refractivity contribution in [1.82, 2.24) is 19.4 Å². The number of amides is 1. The predicted octanol–water partition coefficient (Wildman–Crippen LogP) is 4.26. The smallest absolute Gasteiger partial charge is 0.263 e. The van der Waals surface area contributed by atoms with Crippen LogP contribution < -0.4 is 9.62 Å². The summed E-state index contributed by atoms with van der Waals surface area (Å²) in [5, 5.41) is 1.74. The number of carbonyl (C=O) groups excluding carboxylic acids is 1. The molecule has 2 aromatic heterocycles. The van der Waals surface area contributed by atoms with Gasteiger partial charge in [0, 0.05) is 63.5 Å². The highest BCUT2D eigenvalue weighted by Gasteiger charge is 2.27. The van der Waals surface area contributed by atoms with Crippen molar-refractivity contribution in [3.8, 4) is 0 Å². The van der Waals surface area contributed by atoms with E-state index in [1.807, 2.05) is 46.9 Å². The van der Waals surface area contributed by atoms with Gasteiger partial charge in [-0.3, -0.25) is 9.52 Å². The molecule has 0 bridgehead atoms. The molecule has 4 aromatic rings. The quantitative estimate of drug-likeness (QED) is 0.376. The second kappa shape index (κ2) is 10.4. The first-order valence-electron chi connectivity index (χ1n) is 12.0. The second-order valence-corrected chi connectivity index (χ2v) is 11.1. The summed E-state index contributed by atoms with van der Waals surface area (Å²) >= 11 is 6.37. The molecule has 0 spiro atoms. The summed E-state index contributed by atoms with van der Waals surface area (Å²) in [6.07, 6.45) is 5.12. The first-order chi connectivity index (χ1) is 17.8. The number of benzene rings is 2. The van der Waals surface area contributed by atoms with E-state index in [1.54, 1.807) is 24.3 Å². The molecule has 1 amide bonds. The Morgan fingerprint density at radius 2 is 1.95 bits per heavy atom. The Labute approximate surface area is 222 Å². The van der Waals surface area contributed by atoms with E-state index in [0.717, 1.165) is 16.6 Å². The van der Waals surface area contributed by atoms with E-state index < -0.39 is 10.0 Å². The van der Waals surface area contributed by atoms with Gasteiger partial charge >= 0.3 is 0 Å². The van der Waals surface area contributed by atoms with Crippen molar-refractivity contribution in [3.63, 3.8) is 0 Å². The van der Waals surface area contributed by atoms with Gasteiger partial charge in [-0.15, -0.1) is 0 Å². The molecule has 3 heterocycles. The molecule has 11 heteroatoms. The van der Waals surface area contributed by atoms with Gasteiger partial charge < -0.3 is 14.4 Å². The van der Waals surface area contributed by atoms with Crippen LogP contribution >= 0.6 is 11.6 Å². The van der Waals surface area contributed by atoms with Crippen molar-refractivity contribution in [2.24, 2.45) is 0 Å². The molecule has 1 fully saturated rings. The minimum atomic E-state index is -3.76. The van der Waals surface area contributed by atoms with Crippen LogP contribution in [0, 0.1) is 0 Å². The summed E-state index contributed by atoms with van der Waals surface area (Å²) in [5.74, 6) is 0.319. The number of anilines is 2. The van der Waals surface area contributed by atoms with E-state index >= 15 is 0 Å². The average Bonchev–Trinajstić information content (AvgIpc) is 3.32. The topological polar surface area (TPSA) is 100 Å². The SMILES string of the molecule is C[C@@H]1CN(c2ccc(S(=O)(=O)Nc3ccncn3)cc2)CCN1C(=O)CCn1ccc2cccc(Cl)c21.[HH]. The number of hydrogen-bond donors (Lipinski definition) is 1. The van der Waals surface area contributed by atoms with Crippen LogP contribution in [-0.4, -0.2) is 59.4 Å². The number of nitrogens with one attached hydrogen (secondary N) is 1. The third kappa shape index (κ3) is 5.40. The summed E-state index contributed by atoms with van der Waals surface area (Å²) < 4.78 is 29.8. The van der Waals surface area contributed by atoms with Gasteiger partial charge in [0.2, 0.25) is 5.91 Å². The maximum atomic E-state index is 13.1. The highest BCUT2D eigenvalue weighted by molar-refractivity contribution is 7.92. The van der Waals surface area contributed by atoms with E-state index in [-0.39, 0.29) is 24.1 Å². The zero-order chi connectivity index (χ0) is 26.0. The molecule has 1 saturated heterocycles. The van der Waals surface area contributed by atoms with Crippen molar-refractivity contribution in [2.45, 2.75) is 30.8 Å². The summed E-state index contributed by atoms with van der Waals surface area (Å²) in [6, 6.07) is 16.1. The molecule has 0 radical (unpaired) electrons. The lowest BCUT2D eigenvalue weighted by molar-refractivity contribution is -0.133. The molecular weight excluding hydrogens is 512 g/mol. The molecule has 2 aromatic carbocycles. The predicted molar refractivity (Wildman–Crippen MR) is 146 cm³/mol. The first kappa shape index (κ1) is 25.0. The molecule has 0 aliphatic carbocycles. The van der Waals surface area contributed by atoms with Gasteiger partial charge in [-0.2, -0.15) is 0 Å². The molecule has 194 valence electrons. The third-order valence-corrected chi connectivity index (χ3v) is 8.26. The lowest BCUT2D eigenvalue weighted by Gasteiger charge is -2.41. The molecule has 0 unspecified atom stereocenters. The van der Waals surface area contributed by atoms with Gasteiger partial charge in [0.25, 0.3) is 10.0 Å². The zero-order valence-electron chi connectivity index (χ0n) is 20.3. The Bertz CT molecular complexity index is 1520. The van der Waals surface area contributed by atoms with E-state index in [4.69, 9.17) is 11.6 Å². The molecule has 1 atom stereocenters. The number of aryl methyl sites for hydroxylation is 1. The van der Waals surface area contributed by atoms with Crippen LogP contribution in [0.5, 0.6) is 0 Å². The highest BCUT2D eigenvalue weighted by atomic mass is 35.5. The Morgan fingerprint density at radius 1 is 1.14 bits per heavy atom. The number of para-hydroxylation sites is 1. The van der Waals surface area contributed by atoms with Crippen molar-refractivity contribution < 1.29 is 14.6 Å². The first-order valence-corrected chi connectivity index (χ1v) is 13.8. The number of fused-ring (bicyclic) bond motifs is 1. The van der Waals surface area contributed by atoms with Crippen LogP contribution in [0.4, 0.5) is 11.5 Å². The van der Waals surface area contributed by atoms with E-state index in [2.05, 4.69) is 19.6 Å². The minimum Gasteiger partial charge on any atom is -0.368 e. The largest absolute Gasteiger partial charge is 0.368 e. The van der Waals surface area contributed by atoms with Crippen LogP contribution in [0.15, 0.2) is 78.2 Å². The van der Waals surface area contributed by atoms with Crippen LogP contribution in [0.3, 0.4) is 0 Å². The Balaban J connectivity index is 0.00000336. The highest BCUT2D eigenvalue weighted by Crippen LogP contribution is 2.26. The number of sulfonamides is 1. The number of hydrogen-bond acceptors (Lipinski definition) is 6. The van der Waals surface area contributed by atoms with E-state index in [0.29, 0.717) is 37.6 Å². The molecule has 5 rings (SSSR count). The number of piperazine rings is 1. The van der Waals surface area contributed by atoms with Gasteiger partial charge in [-0.25, -0.2) is 18.4 Å². The lowest BCUT2D eigenvalue weighted by Crippen LogP contribution is -2.54. The third-order valence-electron chi connectivity index (χ3n) is 6.59. The summed E-state index contributed by atoms with van der Waals surface area (Å²) in [5.41, 5.74) is 1.86. The van der Waals surface area contributed by atoms with Crippen LogP contribution in [0.2, 0.25) is 5.02 Å². The number of halogens is 1. The standard InChI is InChI=1S/C26H27ClN6O3S.H2/c1-19-17-32(21-5-7-22(8-6-21)37(35,36)30-24-9-12-28-18-29-24)15-16-33(19)25(34)11-14-31-13-10-20-3-2-4-23(27)26(20)31;/h2-10,12-13,18-19H,11,14-17H2,1H3,(H,28,29,30);1H/t19-;/m1./s1. The summed E-state index contributed by atoms with van der Waals surface area (Å²) in [6.45, 7) is 4.53. The lowest BCUT2D eigenvalue weighted by atomic mass is 10.1. The van der Waals surface area contributed by atoms with Gasteiger partial charge in [0.1, 0.15) is 12.1 Å². The van der Waals surface area contributed by atoms with Crippen LogP contribution in [0.1, 0.15) is 14.8 Å². The Hall–Kier alpha value is -3.63. The molecule has 1 aliphatic rings. The fourth-order valence-electron chi connectivity index (χ4n) is 4.71. The number of nitrogens with zero attached hydrogens (tertiary/aromatic N) is 5. The Morgan fingerprint density at radius 3 is 2.68 bits per heavy atom. The van der Waals surface area contributed by atoms with E-state index in [1.165, 1.54) is 18.6 Å². The normalized spacial score (nSPS) is 16.2. The molecule has 9 nitrogen and oxygen atoms in total. The summed E-state index contributed by atoms with van der Waals surface area (Å²) in [4.78, 5) is 25.0. The molecular formula is C26H29ClN6O3S. The van der Waals surface area contributed by atoms with Crippen LogP contribution in [-0.2, 0) is 21.4 Å². The van der Waals surface area contributed by atoms with Crippen molar-refractivity contribution in [3.05, 3.63) is 78.3 Å². The maximum Gasteiger partial charge on any atom is 0.263 e. The fourth-order valence-corrected chi connectivity index (χ4v) is 6.01. The molecule has 1 N–H and O–H groups in total. The minimum absolute atomic E-state index is 0. The summed E-state index contributed by atoms with van der Waals surface area (Å²) in [7, 11) is -3.76. The second-order valence-electron chi connectivity index (χ2n) is 9.01. The van der Waals surface area contributed by atoms with Crippen molar-refractivity contribution in [2.75, 3.05) is 29.3 Å². The van der Waals surface area contributed by atoms with Gasteiger partial charge in [0.05, 0.1) is 15.4 Å². The average molecular weight is 541 g/mol. The van der Waals surface area contributed by atoms with Gasteiger partial charge in [0.15, 0.2) is 0 Å². The maximum absolute atomic E-state index is 13.1. The van der Waals surface area contributed by atoms with Gasteiger partial charge in [-0.05, 0) is 49.4 Å². The zero-order valence-corrected chi connectivity index (χ0v) is 21.9. The number of rotatable bonds is 7. The van der Waals surface area contributed by atoms with Crippen LogP contribution in [0.25, 0.3) is 10.9 Å². The molecule has 1 aliphatic heterocycles. The molecule has 37 heavy (non-hydrogen) atoms. The van der Waals surface area contributed by atoms with Gasteiger partial charge in [-0.1, -0.05) is 23.7 Å². The van der Waals surface area contributed by atoms with Crippen molar-refractivity contribution in [1.29, 1.82) is 0 Å². The van der Waals surface area contributed by atoms with Crippen molar-refractivity contribution >= 4 is 49.9 Å².